The van der Waals surface area contributed by atoms with Crippen molar-refractivity contribution in [3.8, 4) is 5.82 Å². The van der Waals surface area contributed by atoms with Gasteiger partial charge in [-0.15, -0.1) is 0 Å². The van der Waals surface area contributed by atoms with Crippen LogP contribution < -0.4 is 10.0 Å². The first kappa shape index (κ1) is 22.8. The third-order valence-electron chi connectivity index (χ3n) is 5.68. The van der Waals surface area contributed by atoms with Gasteiger partial charge in [0.1, 0.15) is 17.2 Å². The molecule has 1 aliphatic heterocycles. The Morgan fingerprint density at radius 2 is 1.70 bits per heavy atom. The highest BCUT2D eigenvalue weighted by molar-refractivity contribution is 7.90. The van der Waals surface area contributed by atoms with Crippen LogP contribution in [0.2, 0.25) is 0 Å². The zero-order valence-electron chi connectivity index (χ0n) is 19.0. The molecule has 2 N–H and O–H groups in total. The molecular formula is C23H28N6O3S. The second kappa shape index (κ2) is 9.22. The molecule has 2 aromatic heterocycles. The summed E-state index contributed by atoms with van der Waals surface area (Å²) in [6.07, 6.45) is 5.10. The van der Waals surface area contributed by atoms with Crippen molar-refractivity contribution in [3.63, 3.8) is 0 Å². The fraction of sp³-hybridized carbons (Fsp3) is 0.348. The highest BCUT2D eigenvalue weighted by Crippen LogP contribution is 2.22. The Morgan fingerprint density at radius 3 is 2.39 bits per heavy atom. The number of hydrogen-bond acceptors (Lipinski definition) is 5. The fourth-order valence-corrected chi connectivity index (χ4v) is 5.04. The highest BCUT2D eigenvalue weighted by Gasteiger charge is 2.21. The minimum atomic E-state index is -3.73. The van der Waals surface area contributed by atoms with Gasteiger partial charge in [0.05, 0.1) is 11.1 Å². The third kappa shape index (κ3) is 4.85. The summed E-state index contributed by atoms with van der Waals surface area (Å²) in [6.45, 7) is 4.58. The summed E-state index contributed by atoms with van der Waals surface area (Å²) < 4.78 is 31.7. The molecule has 0 unspecified atom stereocenters. The van der Waals surface area contributed by atoms with Gasteiger partial charge in [-0.25, -0.2) is 8.42 Å². The van der Waals surface area contributed by atoms with Crippen LogP contribution in [0.25, 0.3) is 5.82 Å². The summed E-state index contributed by atoms with van der Waals surface area (Å²) in [7, 11) is -1.94. The number of nitrogens with one attached hydrogen (secondary N) is 2. The lowest BCUT2D eigenvalue weighted by atomic mass is 10.2. The molecule has 3 aromatic rings. The Morgan fingerprint density at radius 1 is 1.00 bits per heavy atom. The Kier molecular flexibility index (Phi) is 6.37. The molecule has 9 nitrogen and oxygen atoms in total. The summed E-state index contributed by atoms with van der Waals surface area (Å²) in [4.78, 5) is 17.5. The summed E-state index contributed by atoms with van der Waals surface area (Å²) in [5.41, 5.74) is 2.89. The number of amidine groups is 1. The molecule has 1 aliphatic rings. The maximum absolute atomic E-state index is 13.0. The number of aryl methyl sites for hydroxylation is 3. The molecule has 4 rings (SSSR count). The van der Waals surface area contributed by atoms with Gasteiger partial charge in [0, 0.05) is 37.1 Å². The van der Waals surface area contributed by atoms with E-state index in [1.807, 2.05) is 30.5 Å². The molecule has 10 heteroatoms. The zero-order valence-corrected chi connectivity index (χ0v) is 19.8. The number of nitrogens with zero attached hydrogens (tertiary/aromatic N) is 4. The van der Waals surface area contributed by atoms with Crippen molar-refractivity contribution in [2.45, 2.75) is 44.4 Å². The number of sulfonamides is 1. The van der Waals surface area contributed by atoms with Gasteiger partial charge in [-0.05, 0) is 63.1 Å². The van der Waals surface area contributed by atoms with Crippen LogP contribution in [-0.4, -0.2) is 41.1 Å². The average Bonchev–Trinajstić information content (AvgIpc) is 3.18. The quantitative estimate of drug-likeness (QED) is 0.598. The molecule has 0 radical (unpaired) electrons. The SMILES string of the molecule is Cc1ccc(C)n1-c1c(C(=O)Nc2ccc(S(=O)(=O)NC3=NCCCCC3)cc2)cnn1C. The van der Waals surface area contributed by atoms with E-state index in [2.05, 4.69) is 20.1 Å². The van der Waals surface area contributed by atoms with Crippen LogP contribution in [-0.2, 0) is 17.1 Å². The monoisotopic (exact) mass is 468 g/mol. The van der Waals surface area contributed by atoms with E-state index in [-0.39, 0.29) is 10.8 Å². The summed E-state index contributed by atoms with van der Waals surface area (Å²) in [6, 6.07) is 10.1. The average molecular weight is 469 g/mol. The predicted octanol–water partition coefficient (Wildman–Crippen LogP) is 3.33. The van der Waals surface area contributed by atoms with Crippen molar-refractivity contribution in [3.05, 3.63) is 59.5 Å². The fourth-order valence-electron chi connectivity index (χ4n) is 3.95. The molecule has 0 saturated carbocycles. The van der Waals surface area contributed by atoms with E-state index >= 15 is 0 Å². The third-order valence-corrected chi connectivity index (χ3v) is 7.08. The van der Waals surface area contributed by atoms with Crippen LogP contribution in [0.15, 0.2) is 52.5 Å². The first-order chi connectivity index (χ1) is 15.8. The van der Waals surface area contributed by atoms with Crippen molar-refractivity contribution >= 4 is 27.5 Å². The molecule has 0 saturated heterocycles. The van der Waals surface area contributed by atoms with Crippen LogP contribution in [0, 0.1) is 13.8 Å². The smallest absolute Gasteiger partial charge is 0.262 e. The summed E-state index contributed by atoms with van der Waals surface area (Å²) in [5.74, 6) is 0.844. The number of anilines is 1. The second-order valence-electron chi connectivity index (χ2n) is 8.18. The van der Waals surface area contributed by atoms with Gasteiger partial charge >= 0.3 is 0 Å². The van der Waals surface area contributed by atoms with Crippen molar-refractivity contribution < 1.29 is 13.2 Å². The van der Waals surface area contributed by atoms with Crippen molar-refractivity contribution in [2.75, 3.05) is 11.9 Å². The zero-order chi connectivity index (χ0) is 23.6. The van der Waals surface area contributed by atoms with E-state index in [1.54, 1.807) is 23.9 Å². The Hall–Kier alpha value is -3.40. The van der Waals surface area contributed by atoms with E-state index < -0.39 is 10.0 Å². The maximum atomic E-state index is 13.0. The normalized spacial score (nSPS) is 14.5. The second-order valence-corrected chi connectivity index (χ2v) is 9.86. The van der Waals surface area contributed by atoms with E-state index in [0.717, 1.165) is 30.7 Å². The number of aromatic nitrogens is 3. The molecule has 0 bridgehead atoms. The lowest BCUT2D eigenvalue weighted by Gasteiger charge is -2.13. The van der Waals surface area contributed by atoms with E-state index in [4.69, 9.17) is 0 Å². The van der Waals surface area contributed by atoms with Gasteiger partial charge in [-0.1, -0.05) is 6.42 Å². The number of carbonyl (C=O) groups excluding carboxylic acids is 1. The van der Waals surface area contributed by atoms with Gasteiger partial charge in [-0.2, -0.15) is 5.10 Å². The first-order valence-corrected chi connectivity index (χ1v) is 12.4. The molecule has 1 amide bonds. The van der Waals surface area contributed by atoms with Crippen molar-refractivity contribution in [2.24, 2.45) is 12.0 Å². The van der Waals surface area contributed by atoms with E-state index in [1.165, 1.54) is 18.3 Å². The number of rotatable bonds is 5. The molecule has 3 heterocycles. The van der Waals surface area contributed by atoms with Crippen LogP contribution in [0.4, 0.5) is 5.69 Å². The van der Waals surface area contributed by atoms with Crippen LogP contribution in [0.1, 0.15) is 47.4 Å². The van der Waals surface area contributed by atoms with Gasteiger partial charge in [-0.3, -0.25) is 19.2 Å². The molecule has 0 atom stereocenters. The van der Waals surface area contributed by atoms with Crippen LogP contribution in [0.3, 0.4) is 0 Å². The minimum Gasteiger partial charge on any atom is -0.322 e. The molecule has 174 valence electrons. The van der Waals surface area contributed by atoms with Gasteiger partial charge in [0.2, 0.25) is 0 Å². The Bertz CT molecular complexity index is 1280. The summed E-state index contributed by atoms with van der Waals surface area (Å²) in [5, 5.41) is 7.10. The van der Waals surface area contributed by atoms with Gasteiger partial charge in [0.15, 0.2) is 0 Å². The molecule has 0 fully saturated rings. The van der Waals surface area contributed by atoms with Gasteiger partial charge in [0.25, 0.3) is 15.9 Å². The minimum absolute atomic E-state index is 0.119. The largest absolute Gasteiger partial charge is 0.322 e. The van der Waals surface area contributed by atoms with E-state index in [0.29, 0.717) is 35.9 Å². The lowest BCUT2D eigenvalue weighted by Crippen LogP contribution is -2.30. The van der Waals surface area contributed by atoms with Crippen molar-refractivity contribution in [1.29, 1.82) is 0 Å². The molecule has 33 heavy (non-hydrogen) atoms. The molecule has 0 spiro atoms. The Labute approximate surface area is 193 Å². The van der Waals surface area contributed by atoms with E-state index in [9.17, 15) is 13.2 Å². The number of hydrogen-bond donors (Lipinski definition) is 2. The number of amides is 1. The van der Waals surface area contributed by atoms with Crippen LogP contribution in [0.5, 0.6) is 0 Å². The van der Waals surface area contributed by atoms with Crippen molar-refractivity contribution in [1.82, 2.24) is 19.1 Å². The maximum Gasteiger partial charge on any atom is 0.262 e. The number of benzene rings is 1. The molecule has 0 aliphatic carbocycles. The Balaban J connectivity index is 1.51. The van der Waals surface area contributed by atoms with Gasteiger partial charge < -0.3 is 9.88 Å². The topological polar surface area (TPSA) is 110 Å². The summed E-state index contributed by atoms with van der Waals surface area (Å²) >= 11 is 0. The highest BCUT2D eigenvalue weighted by atomic mass is 32.2. The van der Waals surface area contributed by atoms with Crippen LogP contribution >= 0.6 is 0 Å². The molecular weight excluding hydrogens is 440 g/mol. The molecule has 1 aromatic carbocycles. The number of carbonyl (C=O) groups is 1. The predicted molar refractivity (Wildman–Crippen MR) is 127 cm³/mol. The lowest BCUT2D eigenvalue weighted by molar-refractivity contribution is 0.102. The number of aliphatic imine (C=N–C) groups is 1. The standard InChI is InChI=1S/C23H28N6O3S/c1-16-8-9-17(2)29(16)23-20(15-25-28(23)3)22(30)26-18-10-12-19(13-11-18)33(31,32)27-21-7-5-4-6-14-24-21/h8-13,15H,4-7,14H2,1-3H3,(H,24,27)(H,26,30). The first-order valence-electron chi connectivity index (χ1n) is 10.9.